The zero-order chi connectivity index (χ0) is 6.69. The van der Waals surface area contributed by atoms with Crippen LogP contribution >= 0.6 is 22.5 Å². The van der Waals surface area contributed by atoms with Crippen molar-refractivity contribution in [3.63, 3.8) is 0 Å². The third-order valence-electron chi connectivity index (χ3n) is 0.865. The van der Waals surface area contributed by atoms with E-state index in [4.69, 9.17) is 5.73 Å². The van der Waals surface area contributed by atoms with Crippen molar-refractivity contribution in [2.75, 3.05) is 5.73 Å². The number of rotatable bonds is 1. The van der Waals surface area contributed by atoms with Gasteiger partial charge >= 0.3 is 0 Å². The van der Waals surface area contributed by atoms with Gasteiger partial charge in [-0.3, -0.25) is 0 Å². The number of hydrogen-bond acceptors (Lipinski definition) is 4. The Hall–Kier alpha value is -0.350. The minimum absolute atomic E-state index is 0.543. The quantitative estimate of drug-likeness (QED) is 0.481. The molecular weight excluding hydrogens is 152 g/mol. The van der Waals surface area contributed by atoms with Crippen LogP contribution < -0.4 is 5.73 Å². The van der Waals surface area contributed by atoms with Crippen molar-refractivity contribution >= 4 is 28.3 Å². The standard InChI is InChI=1S/C5H6N2S2/c6-5-2-1-4(9-8)3-7-5/h1-3,8H,(H2,6,7). The van der Waals surface area contributed by atoms with E-state index in [1.165, 1.54) is 10.8 Å². The molecule has 1 aromatic rings. The molecule has 0 unspecified atom stereocenters. The Morgan fingerprint density at radius 2 is 2.33 bits per heavy atom. The molecule has 0 fully saturated rings. The molecule has 0 atom stereocenters. The Morgan fingerprint density at radius 3 is 2.78 bits per heavy atom. The van der Waals surface area contributed by atoms with Gasteiger partial charge in [0.2, 0.25) is 0 Å². The largest absolute Gasteiger partial charge is 0.384 e. The van der Waals surface area contributed by atoms with Gasteiger partial charge in [0.1, 0.15) is 5.82 Å². The van der Waals surface area contributed by atoms with Gasteiger partial charge in [0.15, 0.2) is 0 Å². The van der Waals surface area contributed by atoms with E-state index in [2.05, 4.69) is 16.6 Å². The highest BCUT2D eigenvalue weighted by molar-refractivity contribution is 8.68. The first kappa shape index (κ1) is 6.77. The predicted octanol–water partition coefficient (Wildman–Crippen LogP) is 1.60. The van der Waals surface area contributed by atoms with Gasteiger partial charge in [-0.05, 0) is 12.1 Å². The molecule has 0 bridgehead atoms. The third-order valence-corrected chi connectivity index (χ3v) is 1.95. The SMILES string of the molecule is Nc1ccc(SS)cn1. The van der Waals surface area contributed by atoms with Gasteiger partial charge in [0.25, 0.3) is 0 Å². The number of nitrogens with zero attached hydrogens (tertiary/aromatic N) is 1. The molecule has 9 heavy (non-hydrogen) atoms. The van der Waals surface area contributed by atoms with Crippen LogP contribution in [-0.2, 0) is 0 Å². The number of nitrogen functional groups attached to an aromatic ring is 1. The van der Waals surface area contributed by atoms with E-state index < -0.39 is 0 Å². The summed E-state index contributed by atoms with van der Waals surface area (Å²) in [7, 11) is 1.35. The summed E-state index contributed by atoms with van der Waals surface area (Å²) >= 11 is 3.98. The first-order chi connectivity index (χ1) is 4.33. The van der Waals surface area contributed by atoms with Crippen LogP contribution in [0, 0.1) is 0 Å². The maximum atomic E-state index is 5.34. The number of hydrogen-bond donors (Lipinski definition) is 2. The normalized spacial score (nSPS) is 9.44. The lowest BCUT2D eigenvalue weighted by Gasteiger charge is -1.92. The van der Waals surface area contributed by atoms with E-state index in [1.54, 1.807) is 12.3 Å². The van der Waals surface area contributed by atoms with Crippen LogP contribution in [0.2, 0.25) is 0 Å². The maximum Gasteiger partial charge on any atom is 0.123 e. The summed E-state index contributed by atoms with van der Waals surface area (Å²) in [5, 5.41) is 0. The van der Waals surface area contributed by atoms with Crippen molar-refractivity contribution in [1.29, 1.82) is 0 Å². The summed E-state index contributed by atoms with van der Waals surface area (Å²) < 4.78 is 0. The van der Waals surface area contributed by atoms with Crippen LogP contribution in [0.25, 0.3) is 0 Å². The Labute approximate surface area is 62.7 Å². The lowest BCUT2D eigenvalue weighted by Crippen LogP contribution is -1.86. The maximum absolute atomic E-state index is 5.34. The van der Waals surface area contributed by atoms with Crippen molar-refractivity contribution < 1.29 is 0 Å². The van der Waals surface area contributed by atoms with Crippen LogP contribution in [0.4, 0.5) is 5.82 Å². The van der Waals surface area contributed by atoms with Crippen molar-refractivity contribution in [2.45, 2.75) is 4.90 Å². The Kier molecular flexibility index (Phi) is 2.24. The van der Waals surface area contributed by atoms with Crippen molar-refractivity contribution in [3.8, 4) is 0 Å². The highest BCUT2D eigenvalue weighted by Gasteiger charge is 1.87. The van der Waals surface area contributed by atoms with E-state index in [-0.39, 0.29) is 0 Å². The lowest BCUT2D eigenvalue weighted by atomic mass is 10.5. The summed E-state index contributed by atoms with van der Waals surface area (Å²) in [5.74, 6) is 0.543. The molecule has 0 aliphatic heterocycles. The molecule has 0 spiro atoms. The minimum Gasteiger partial charge on any atom is -0.384 e. The van der Waals surface area contributed by atoms with Crippen LogP contribution in [0.5, 0.6) is 0 Å². The first-order valence-corrected chi connectivity index (χ1v) is 4.23. The summed E-state index contributed by atoms with van der Waals surface area (Å²) in [6, 6.07) is 3.62. The van der Waals surface area contributed by atoms with Crippen molar-refractivity contribution in [2.24, 2.45) is 0 Å². The fourth-order valence-corrected chi connectivity index (χ4v) is 0.998. The number of thiol groups is 1. The molecule has 0 radical (unpaired) electrons. The third kappa shape index (κ3) is 1.80. The summed E-state index contributed by atoms with van der Waals surface area (Å²) in [6.45, 7) is 0. The summed E-state index contributed by atoms with van der Waals surface area (Å²) in [4.78, 5) is 4.86. The molecule has 0 aliphatic rings. The van der Waals surface area contributed by atoms with Gasteiger partial charge in [-0.2, -0.15) is 0 Å². The predicted molar refractivity (Wildman–Crippen MR) is 43.5 cm³/mol. The molecule has 0 saturated heterocycles. The summed E-state index contributed by atoms with van der Waals surface area (Å²) in [5.41, 5.74) is 5.34. The van der Waals surface area contributed by atoms with Crippen molar-refractivity contribution in [3.05, 3.63) is 18.3 Å². The van der Waals surface area contributed by atoms with E-state index in [0.29, 0.717) is 5.82 Å². The first-order valence-electron chi connectivity index (χ1n) is 2.36. The molecule has 1 rings (SSSR count). The van der Waals surface area contributed by atoms with Gasteiger partial charge in [0.05, 0.1) is 0 Å². The number of anilines is 1. The van der Waals surface area contributed by atoms with Gasteiger partial charge < -0.3 is 5.73 Å². The molecule has 48 valence electrons. The molecule has 0 amide bonds. The molecular formula is C5H6N2S2. The average molecular weight is 158 g/mol. The number of nitrogens with two attached hydrogens (primary N) is 1. The fourth-order valence-electron chi connectivity index (χ4n) is 0.446. The van der Waals surface area contributed by atoms with Gasteiger partial charge in [-0.1, -0.05) is 10.8 Å². The molecule has 0 saturated carbocycles. The lowest BCUT2D eigenvalue weighted by molar-refractivity contribution is 1.25. The monoisotopic (exact) mass is 158 g/mol. The second-order valence-electron chi connectivity index (χ2n) is 1.51. The van der Waals surface area contributed by atoms with Gasteiger partial charge in [0, 0.05) is 11.1 Å². The number of pyridine rings is 1. The minimum atomic E-state index is 0.543. The Morgan fingerprint density at radius 1 is 1.56 bits per heavy atom. The Balaban J connectivity index is 2.88. The molecule has 2 nitrogen and oxygen atoms in total. The van der Waals surface area contributed by atoms with Gasteiger partial charge in [-0.25, -0.2) is 4.98 Å². The topological polar surface area (TPSA) is 38.9 Å². The molecule has 0 aliphatic carbocycles. The smallest absolute Gasteiger partial charge is 0.123 e. The van der Waals surface area contributed by atoms with Crippen LogP contribution in [0.1, 0.15) is 0 Å². The molecule has 1 aromatic heterocycles. The zero-order valence-corrected chi connectivity index (χ0v) is 6.32. The van der Waals surface area contributed by atoms with E-state index in [9.17, 15) is 0 Å². The summed E-state index contributed by atoms with van der Waals surface area (Å²) in [6.07, 6.45) is 1.69. The zero-order valence-electron chi connectivity index (χ0n) is 4.61. The van der Waals surface area contributed by atoms with Crippen LogP contribution in [0.3, 0.4) is 0 Å². The van der Waals surface area contributed by atoms with Gasteiger partial charge in [-0.15, -0.1) is 11.7 Å². The molecule has 4 heteroatoms. The van der Waals surface area contributed by atoms with Crippen molar-refractivity contribution in [1.82, 2.24) is 4.98 Å². The second kappa shape index (κ2) is 2.98. The Bertz CT molecular complexity index is 185. The average Bonchev–Trinajstić information content (AvgIpc) is 1.90. The molecule has 1 heterocycles. The van der Waals surface area contributed by atoms with Crippen LogP contribution in [0.15, 0.2) is 23.2 Å². The molecule has 2 N–H and O–H groups in total. The van der Waals surface area contributed by atoms with E-state index in [1.807, 2.05) is 6.07 Å². The molecule has 0 aromatic carbocycles. The van der Waals surface area contributed by atoms with E-state index >= 15 is 0 Å². The highest BCUT2D eigenvalue weighted by atomic mass is 33.1. The number of aromatic nitrogens is 1. The van der Waals surface area contributed by atoms with E-state index in [0.717, 1.165) is 4.90 Å². The fraction of sp³-hybridized carbons (Fsp3) is 0. The van der Waals surface area contributed by atoms with Crippen LogP contribution in [-0.4, -0.2) is 4.98 Å². The second-order valence-corrected chi connectivity index (χ2v) is 2.71. The highest BCUT2D eigenvalue weighted by Crippen LogP contribution is 2.19.